The van der Waals surface area contributed by atoms with E-state index in [1.165, 1.54) is 0 Å². The van der Waals surface area contributed by atoms with E-state index in [4.69, 9.17) is 5.73 Å². The molecular formula is C13H31N5O. The number of likely N-dealkylation sites (N-methyl/N-ethyl adjacent to an activating group) is 1. The van der Waals surface area contributed by atoms with Gasteiger partial charge in [-0.1, -0.05) is 0 Å². The zero-order valence-corrected chi connectivity index (χ0v) is 12.6. The van der Waals surface area contributed by atoms with Crippen LogP contribution in [0, 0.1) is 0 Å². The molecule has 6 heteroatoms. The predicted molar refractivity (Wildman–Crippen MR) is 80.2 cm³/mol. The fourth-order valence-electron chi connectivity index (χ4n) is 1.86. The van der Waals surface area contributed by atoms with Gasteiger partial charge in [-0.15, -0.1) is 0 Å². The molecular weight excluding hydrogens is 242 g/mol. The van der Waals surface area contributed by atoms with Crippen LogP contribution >= 0.6 is 0 Å². The van der Waals surface area contributed by atoms with Crippen molar-refractivity contribution in [3.63, 3.8) is 0 Å². The Kier molecular flexibility index (Phi) is 11.9. The molecule has 0 bridgehead atoms. The lowest BCUT2D eigenvalue weighted by Crippen LogP contribution is -2.46. The molecule has 1 amide bonds. The van der Waals surface area contributed by atoms with Crippen LogP contribution in [-0.4, -0.2) is 58.8 Å². The summed E-state index contributed by atoms with van der Waals surface area (Å²) in [7, 11) is 5.76. The van der Waals surface area contributed by atoms with Gasteiger partial charge in [-0.3, -0.25) is 4.79 Å². The van der Waals surface area contributed by atoms with E-state index in [1.54, 1.807) is 0 Å². The first kappa shape index (κ1) is 18.3. The quantitative estimate of drug-likeness (QED) is 0.295. The lowest BCUT2D eigenvalue weighted by molar-refractivity contribution is -0.122. The van der Waals surface area contributed by atoms with Gasteiger partial charge >= 0.3 is 0 Å². The van der Waals surface area contributed by atoms with Gasteiger partial charge in [-0.25, -0.2) is 0 Å². The predicted octanol–water partition coefficient (Wildman–Crippen LogP) is -0.983. The van der Waals surface area contributed by atoms with Crippen molar-refractivity contribution in [3.05, 3.63) is 0 Å². The summed E-state index contributed by atoms with van der Waals surface area (Å²) in [5.41, 5.74) is 5.84. The highest BCUT2D eigenvalue weighted by atomic mass is 16.2. The number of carbonyl (C=O) groups excluding carboxylic acids is 1. The van der Waals surface area contributed by atoms with Crippen molar-refractivity contribution in [2.75, 3.05) is 40.8 Å². The monoisotopic (exact) mass is 273 g/mol. The summed E-state index contributed by atoms with van der Waals surface area (Å²) in [6.45, 7) is 2.53. The van der Waals surface area contributed by atoms with Gasteiger partial charge in [0.1, 0.15) is 0 Å². The smallest absolute Gasteiger partial charge is 0.236 e. The number of amides is 1. The molecule has 0 aromatic heterocycles. The van der Waals surface area contributed by atoms with E-state index >= 15 is 0 Å². The van der Waals surface area contributed by atoms with Crippen LogP contribution in [-0.2, 0) is 4.79 Å². The normalized spacial score (nSPS) is 14.1. The van der Waals surface area contributed by atoms with Crippen LogP contribution in [0.5, 0.6) is 0 Å². The van der Waals surface area contributed by atoms with Gasteiger partial charge in [0, 0.05) is 12.6 Å². The molecule has 2 atom stereocenters. The van der Waals surface area contributed by atoms with E-state index in [0.29, 0.717) is 12.6 Å². The summed E-state index contributed by atoms with van der Waals surface area (Å²) in [6.07, 6.45) is 3.76. The fourth-order valence-corrected chi connectivity index (χ4v) is 1.86. The fraction of sp³-hybridized carbons (Fsp3) is 0.923. The van der Waals surface area contributed by atoms with Crippen LogP contribution in [0.2, 0.25) is 0 Å². The number of rotatable bonds is 12. The molecule has 6 nitrogen and oxygen atoms in total. The van der Waals surface area contributed by atoms with Gasteiger partial charge in [-0.2, -0.15) is 0 Å². The summed E-state index contributed by atoms with van der Waals surface area (Å²) >= 11 is 0. The van der Waals surface area contributed by atoms with Gasteiger partial charge in [-0.05, 0) is 59.9 Å². The van der Waals surface area contributed by atoms with Crippen molar-refractivity contribution < 1.29 is 4.79 Å². The number of hydrogen-bond donors (Lipinski definition) is 5. The number of nitrogens with two attached hydrogens (primary N) is 1. The molecule has 0 fully saturated rings. The molecule has 0 heterocycles. The van der Waals surface area contributed by atoms with Gasteiger partial charge in [0.25, 0.3) is 0 Å². The Balaban J connectivity index is 3.77. The third kappa shape index (κ3) is 9.84. The zero-order chi connectivity index (χ0) is 14.5. The van der Waals surface area contributed by atoms with Gasteiger partial charge in [0.2, 0.25) is 5.91 Å². The molecule has 0 aliphatic heterocycles. The van der Waals surface area contributed by atoms with E-state index in [-0.39, 0.29) is 5.91 Å². The van der Waals surface area contributed by atoms with Crippen molar-refractivity contribution in [3.8, 4) is 0 Å². The van der Waals surface area contributed by atoms with E-state index < -0.39 is 6.04 Å². The van der Waals surface area contributed by atoms with Crippen LogP contribution in [0.15, 0.2) is 0 Å². The lowest BCUT2D eigenvalue weighted by atomic mass is 10.1. The minimum absolute atomic E-state index is 0.0510. The maximum Gasteiger partial charge on any atom is 0.236 e. The highest BCUT2D eigenvalue weighted by molar-refractivity contribution is 5.81. The van der Waals surface area contributed by atoms with Crippen LogP contribution < -0.4 is 27.0 Å². The van der Waals surface area contributed by atoms with Crippen molar-refractivity contribution in [1.29, 1.82) is 0 Å². The van der Waals surface area contributed by atoms with E-state index in [1.807, 2.05) is 21.1 Å². The molecule has 114 valence electrons. The Morgan fingerprint density at radius 3 is 2.16 bits per heavy atom. The molecule has 0 rings (SSSR count). The van der Waals surface area contributed by atoms with E-state index in [2.05, 4.69) is 21.3 Å². The van der Waals surface area contributed by atoms with E-state index in [0.717, 1.165) is 38.8 Å². The highest BCUT2D eigenvalue weighted by Crippen LogP contribution is 1.97. The summed E-state index contributed by atoms with van der Waals surface area (Å²) < 4.78 is 0. The second kappa shape index (κ2) is 12.3. The third-order valence-electron chi connectivity index (χ3n) is 3.19. The largest absolute Gasteiger partial charge is 0.353 e. The molecule has 19 heavy (non-hydrogen) atoms. The minimum atomic E-state index is -0.400. The molecule has 0 unspecified atom stereocenters. The number of nitrogens with one attached hydrogen (secondary N) is 4. The van der Waals surface area contributed by atoms with Gasteiger partial charge in [0.05, 0.1) is 6.04 Å². The molecule has 0 saturated carbocycles. The maximum atomic E-state index is 11.8. The average Bonchev–Trinajstić information content (AvgIpc) is 2.42. The molecule has 0 radical (unpaired) electrons. The SMILES string of the molecule is CNCCC[C@@H](CNC(=O)[C@@H](N)CCCNC)NC. The van der Waals surface area contributed by atoms with Crippen LogP contribution in [0.1, 0.15) is 25.7 Å². The maximum absolute atomic E-state index is 11.8. The van der Waals surface area contributed by atoms with Crippen molar-refractivity contribution in [2.24, 2.45) is 5.73 Å². The minimum Gasteiger partial charge on any atom is -0.353 e. The number of hydrogen-bond acceptors (Lipinski definition) is 5. The lowest BCUT2D eigenvalue weighted by Gasteiger charge is -2.18. The Hall–Kier alpha value is -0.690. The van der Waals surface area contributed by atoms with Crippen molar-refractivity contribution >= 4 is 5.91 Å². The number of carbonyl (C=O) groups is 1. The van der Waals surface area contributed by atoms with Crippen LogP contribution in [0.4, 0.5) is 0 Å². The summed E-state index contributed by atoms with van der Waals surface area (Å²) in [4.78, 5) is 11.8. The van der Waals surface area contributed by atoms with Crippen LogP contribution in [0.25, 0.3) is 0 Å². The second-order valence-electron chi connectivity index (χ2n) is 4.83. The van der Waals surface area contributed by atoms with Crippen LogP contribution in [0.3, 0.4) is 0 Å². The molecule has 0 spiro atoms. The van der Waals surface area contributed by atoms with E-state index in [9.17, 15) is 4.79 Å². The molecule has 0 aromatic rings. The molecule has 0 aliphatic rings. The summed E-state index contributed by atoms with van der Waals surface area (Å²) in [6, 6.07) is -0.0926. The standard InChI is InChI=1S/C13H31N5O/c1-15-8-4-6-11(17-3)10-18-13(19)12(14)7-5-9-16-2/h11-12,15-17H,4-10,14H2,1-3H3,(H,18,19)/t11-,12-/m0/s1. The van der Waals surface area contributed by atoms with Crippen molar-refractivity contribution in [2.45, 2.75) is 37.8 Å². The zero-order valence-electron chi connectivity index (χ0n) is 12.6. The average molecular weight is 273 g/mol. The van der Waals surface area contributed by atoms with Gasteiger partial charge < -0.3 is 27.0 Å². The molecule has 0 aromatic carbocycles. The molecule has 0 saturated heterocycles. The Morgan fingerprint density at radius 2 is 1.63 bits per heavy atom. The molecule has 0 aliphatic carbocycles. The second-order valence-corrected chi connectivity index (χ2v) is 4.83. The first-order chi connectivity index (χ1) is 9.15. The first-order valence-corrected chi connectivity index (χ1v) is 7.15. The van der Waals surface area contributed by atoms with Gasteiger partial charge in [0.15, 0.2) is 0 Å². The topological polar surface area (TPSA) is 91.2 Å². The third-order valence-corrected chi connectivity index (χ3v) is 3.19. The first-order valence-electron chi connectivity index (χ1n) is 7.15. The summed E-state index contributed by atoms with van der Waals surface area (Å²) in [5, 5.41) is 12.3. The van der Waals surface area contributed by atoms with Crippen molar-refractivity contribution in [1.82, 2.24) is 21.3 Å². The Morgan fingerprint density at radius 1 is 1.05 bits per heavy atom. The summed E-state index contributed by atoms with van der Waals surface area (Å²) in [5.74, 6) is -0.0510. The molecule has 6 N–H and O–H groups in total. The Labute approximate surface area is 117 Å². The highest BCUT2D eigenvalue weighted by Gasteiger charge is 2.14. The Bertz CT molecular complexity index is 225.